The lowest BCUT2D eigenvalue weighted by molar-refractivity contribution is 0.186. The van der Waals surface area contributed by atoms with E-state index in [-0.39, 0.29) is 36.3 Å². The van der Waals surface area contributed by atoms with E-state index in [0.717, 1.165) is 5.56 Å². The zero-order chi connectivity index (χ0) is 20.4. The fraction of sp³-hybridized carbons (Fsp3) is 0.381. The number of aliphatic imine (C=N–C) groups is 1. The number of hydrogen-bond acceptors (Lipinski definition) is 4. The SMILES string of the molecule is CCNC(=NCC(O)c1ccc(OC)c(OC)c1)NCCc1cccc(F)c1.I. The summed E-state index contributed by atoms with van der Waals surface area (Å²) >= 11 is 0. The van der Waals surface area contributed by atoms with Crippen molar-refractivity contribution in [2.24, 2.45) is 4.99 Å². The van der Waals surface area contributed by atoms with Crippen LogP contribution in [0, 0.1) is 5.82 Å². The number of guanidine groups is 1. The number of ether oxygens (including phenoxy) is 2. The van der Waals surface area contributed by atoms with Crippen molar-refractivity contribution in [3.63, 3.8) is 0 Å². The maximum atomic E-state index is 13.2. The smallest absolute Gasteiger partial charge is 0.191 e. The Morgan fingerprint density at radius 1 is 1.10 bits per heavy atom. The minimum atomic E-state index is -0.779. The molecule has 0 fully saturated rings. The van der Waals surface area contributed by atoms with Crippen molar-refractivity contribution >= 4 is 29.9 Å². The first kappa shape index (κ1) is 25.0. The predicted molar refractivity (Wildman–Crippen MR) is 124 cm³/mol. The third-order valence-corrected chi connectivity index (χ3v) is 4.15. The second-order valence-electron chi connectivity index (χ2n) is 6.16. The van der Waals surface area contributed by atoms with Crippen LogP contribution >= 0.6 is 24.0 Å². The molecular weight excluding hydrogens is 488 g/mol. The van der Waals surface area contributed by atoms with Crippen LogP contribution in [-0.2, 0) is 6.42 Å². The van der Waals surface area contributed by atoms with Crippen molar-refractivity contribution in [2.45, 2.75) is 19.4 Å². The van der Waals surface area contributed by atoms with Gasteiger partial charge in [-0.3, -0.25) is 4.99 Å². The third-order valence-electron chi connectivity index (χ3n) is 4.15. The Hall–Kier alpha value is -2.07. The Morgan fingerprint density at radius 3 is 2.52 bits per heavy atom. The number of hydrogen-bond donors (Lipinski definition) is 3. The highest BCUT2D eigenvalue weighted by molar-refractivity contribution is 14.0. The van der Waals surface area contributed by atoms with Crippen LogP contribution < -0.4 is 20.1 Å². The van der Waals surface area contributed by atoms with Crippen LogP contribution in [0.25, 0.3) is 0 Å². The van der Waals surface area contributed by atoms with Crippen molar-refractivity contribution in [1.82, 2.24) is 10.6 Å². The van der Waals surface area contributed by atoms with E-state index in [4.69, 9.17) is 9.47 Å². The Balaban J connectivity index is 0.00000420. The molecule has 0 spiro atoms. The van der Waals surface area contributed by atoms with E-state index < -0.39 is 6.10 Å². The van der Waals surface area contributed by atoms with Gasteiger partial charge in [0.2, 0.25) is 0 Å². The van der Waals surface area contributed by atoms with Gasteiger partial charge in [-0.05, 0) is 48.7 Å². The number of methoxy groups -OCH3 is 2. The van der Waals surface area contributed by atoms with Crippen LogP contribution in [0.2, 0.25) is 0 Å². The van der Waals surface area contributed by atoms with Gasteiger partial charge >= 0.3 is 0 Å². The number of nitrogens with zero attached hydrogens (tertiary/aromatic N) is 1. The van der Waals surface area contributed by atoms with Gasteiger partial charge in [0.1, 0.15) is 5.82 Å². The molecule has 160 valence electrons. The van der Waals surface area contributed by atoms with Gasteiger partial charge in [0.25, 0.3) is 0 Å². The zero-order valence-corrected chi connectivity index (χ0v) is 19.3. The van der Waals surface area contributed by atoms with Crippen molar-refractivity contribution < 1.29 is 19.0 Å². The Labute approximate surface area is 188 Å². The highest BCUT2D eigenvalue weighted by atomic mass is 127. The van der Waals surface area contributed by atoms with E-state index in [1.807, 2.05) is 13.0 Å². The van der Waals surface area contributed by atoms with Crippen molar-refractivity contribution in [1.29, 1.82) is 0 Å². The summed E-state index contributed by atoms with van der Waals surface area (Å²) in [4.78, 5) is 4.43. The summed E-state index contributed by atoms with van der Waals surface area (Å²) in [6.07, 6.45) is -0.112. The second kappa shape index (κ2) is 13.2. The molecule has 29 heavy (non-hydrogen) atoms. The Kier molecular flexibility index (Phi) is 11.4. The molecule has 0 amide bonds. The van der Waals surface area contributed by atoms with Gasteiger partial charge in [-0.15, -0.1) is 24.0 Å². The molecule has 8 heteroatoms. The molecule has 0 aliphatic carbocycles. The van der Waals surface area contributed by atoms with E-state index in [9.17, 15) is 9.50 Å². The maximum absolute atomic E-state index is 13.2. The fourth-order valence-corrected chi connectivity index (χ4v) is 2.70. The van der Waals surface area contributed by atoms with Crippen LogP contribution in [0.15, 0.2) is 47.5 Å². The molecule has 0 aliphatic rings. The van der Waals surface area contributed by atoms with Crippen LogP contribution in [0.3, 0.4) is 0 Å². The van der Waals surface area contributed by atoms with E-state index in [0.29, 0.717) is 42.5 Å². The number of aliphatic hydroxyl groups is 1. The van der Waals surface area contributed by atoms with Crippen molar-refractivity contribution in [2.75, 3.05) is 33.9 Å². The van der Waals surface area contributed by atoms with Crippen LogP contribution in [-0.4, -0.2) is 44.9 Å². The highest BCUT2D eigenvalue weighted by Gasteiger charge is 2.12. The second-order valence-corrected chi connectivity index (χ2v) is 6.16. The van der Waals surface area contributed by atoms with Crippen LogP contribution in [0.5, 0.6) is 11.5 Å². The van der Waals surface area contributed by atoms with E-state index in [1.165, 1.54) is 12.1 Å². The van der Waals surface area contributed by atoms with Gasteiger partial charge < -0.3 is 25.2 Å². The summed E-state index contributed by atoms with van der Waals surface area (Å²) in [5, 5.41) is 16.8. The lowest BCUT2D eigenvalue weighted by Gasteiger charge is -2.15. The zero-order valence-electron chi connectivity index (χ0n) is 16.9. The predicted octanol–water partition coefficient (Wildman–Crippen LogP) is 3.29. The monoisotopic (exact) mass is 517 g/mol. The molecule has 0 radical (unpaired) electrons. The van der Waals surface area contributed by atoms with E-state index in [2.05, 4.69) is 15.6 Å². The fourth-order valence-electron chi connectivity index (χ4n) is 2.70. The summed E-state index contributed by atoms with van der Waals surface area (Å²) in [5.74, 6) is 1.52. The summed E-state index contributed by atoms with van der Waals surface area (Å²) in [6.45, 7) is 3.44. The standard InChI is InChI=1S/C21H28FN3O3.HI/c1-4-23-21(24-11-10-15-6-5-7-17(22)12-15)25-14-18(26)16-8-9-19(27-2)20(13-16)28-3;/h5-9,12-13,18,26H,4,10-11,14H2,1-3H3,(H2,23,24,25);1H. The molecule has 0 saturated heterocycles. The van der Waals surface area contributed by atoms with Gasteiger partial charge in [-0.2, -0.15) is 0 Å². The maximum Gasteiger partial charge on any atom is 0.191 e. The third kappa shape index (κ3) is 8.06. The molecule has 0 aliphatic heterocycles. The van der Waals surface area contributed by atoms with Gasteiger partial charge in [-0.1, -0.05) is 18.2 Å². The Bertz CT molecular complexity index is 790. The number of halogens is 2. The van der Waals surface area contributed by atoms with Gasteiger partial charge in [-0.25, -0.2) is 4.39 Å². The average molecular weight is 517 g/mol. The first-order chi connectivity index (χ1) is 13.6. The first-order valence-corrected chi connectivity index (χ1v) is 9.24. The van der Waals surface area contributed by atoms with Gasteiger partial charge in [0.15, 0.2) is 17.5 Å². The molecule has 3 N–H and O–H groups in total. The van der Waals surface area contributed by atoms with E-state index >= 15 is 0 Å². The quantitative estimate of drug-likeness (QED) is 0.271. The molecular formula is C21H29FIN3O3. The van der Waals surface area contributed by atoms with Gasteiger partial charge in [0.05, 0.1) is 26.9 Å². The lowest BCUT2D eigenvalue weighted by atomic mass is 10.1. The van der Waals surface area contributed by atoms with Crippen molar-refractivity contribution in [3.8, 4) is 11.5 Å². The highest BCUT2D eigenvalue weighted by Crippen LogP contribution is 2.30. The lowest BCUT2D eigenvalue weighted by Crippen LogP contribution is -2.38. The minimum Gasteiger partial charge on any atom is -0.493 e. The molecule has 0 aromatic heterocycles. The molecule has 6 nitrogen and oxygen atoms in total. The summed E-state index contributed by atoms with van der Waals surface area (Å²) in [7, 11) is 3.12. The van der Waals surface area contributed by atoms with Gasteiger partial charge in [0, 0.05) is 13.1 Å². The van der Waals surface area contributed by atoms with Crippen molar-refractivity contribution in [3.05, 3.63) is 59.4 Å². The molecule has 1 unspecified atom stereocenters. The molecule has 0 heterocycles. The largest absolute Gasteiger partial charge is 0.493 e. The topological polar surface area (TPSA) is 75.1 Å². The number of nitrogens with one attached hydrogen (secondary N) is 2. The molecule has 0 bridgehead atoms. The number of benzene rings is 2. The summed E-state index contributed by atoms with van der Waals surface area (Å²) < 4.78 is 23.7. The average Bonchev–Trinajstić information content (AvgIpc) is 2.71. The van der Waals surface area contributed by atoms with Crippen LogP contribution in [0.4, 0.5) is 4.39 Å². The normalized spacial score (nSPS) is 12.0. The summed E-state index contributed by atoms with van der Waals surface area (Å²) in [6, 6.07) is 11.8. The Morgan fingerprint density at radius 2 is 1.86 bits per heavy atom. The molecule has 0 saturated carbocycles. The minimum absolute atomic E-state index is 0. The van der Waals surface area contributed by atoms with Crippen LogP contribution in [0.1, 0.15) is 24.2 Å². The van der Waals surface area contributed by atoms with E-state index in [1.54, 1.807) is 38.5 Å². The first-order valence-electron chi connectivity index (χ1n) is 9.24. The number of aliphatic hydroxyl groups excluding tert-OH is 1. The molecule has 2 aromatic rings. The number of rotatable bonds is 9. The molecule has 2 aromatic carbocycles. The molecule has 2 rings (SSSR count). The molecule has 1 atom stereocenters. The summed E-state index contributed by atoms with van der Waals surface area (Å²) in [5.41, 5.74) is 1.60.